The lowest BCUT2D eigenvalue weighted by Gasteiger charge is -2.30. The predicted octanol–water partition coefficient (Wildman–Crippen LogP) is 2.25. The first-order valence-electron chi connectivity index (χ1n) is 8.57. The van der Waals surface area contributed by atoms with E-state index in [1.54, 1.807) is 12.1 Å². The number of nitrogens with one attached hydrogen (secondary N) is 2. The molecule has 0 radical (unpaired) electrons. The number of carbonyl (C=O) groups excluding carboxylic acids is 2. The van der Waals surface area contributed by atoms with Crippen molar-refractivity contribution < 1.29 is 9.59 Å². The SMILES string of the molecule is CC1CCN(C(=O)c2ccc(NC(=O)C3CCCN3)cc2)CC1. The van der Waals surface area contributed by atoms with Gasteiger partial charge in [-0.1, -0.05) is 6.92 Å². The van der Waals surface area contributed by atoms with Crippen LogP contribution in [0.3, 0.4) is 0 Å². The van der Waals surface area contributed by atoms with Gasteiger partial charge < -0.3 is 15.5 Å². The van der Waals surface area contributed by atoms with Gasteiger partial charge in [-0.05, 0) is 62.4 Å². The number of benzene rings is 1. The van der Waals surface area contributed by atoms with Crippen LogP contribution in [0.4, 0.5) is 5.69 Å². The van der Waals surface area contributed by atoms with Crippen molar-refractivity contribution in [3.63, 3.8) is 0 Å². The molecule has 1 aromatic carbocycles. The van der Waals surface area contributed by atoms with Gasteiger partial charge in [0.2, 0.25) is 5.91 Å². The molecule has 5 heteroatoms. The minimum atomic E-state index is -0.0911. The van der Waals surface area contributed by atoms with E-state index in [1.807, 2.05) is 17.0 Å². The van der Waals surface area contributed by atoms with Gasteiger partial charge in [-0.25, -0.2) is 0 Å². The standard InChI is InChI=1S/C18H25N3O2/c1-13-8-11-21(12-9-13)18(23)14-4-6-15(7-5-14)20-17(22)16-3-2-10-19-16/h4-7,13,16,19H,2-3,8-12H2,1H3,(H,20,22). The summed E-state index contributed by atoms with van der Waals surface area (Å²) in [6.45, 7) is 4.82. The summed E-state index contributed by atoms with van der Waals surface area (Å²) in [5.74, 6) is 0.805. The average molecular weight is 315 g/mol. The van der Waals surface area contributed by atoms with E-state index >= 15 is 0 Å². The number of piperidine rings is 1. The van der Waals surface area contributed by atoms with Crippen LogP contribution >= 0.6 is 0 Å². The topological polar surface area (TPSA) is 61.4 Å². The molecule has 3 rings (SSSR count). The average Bonchev–Trinajstić information content (AvgIpc) is 3.10. The van der Waals surface area contributed by atoms with Crippen LogP contribution in [0.15, 0.2) is 24.3 Å². The molecule has 1 unspecified atom stereocenters. The van der Waals surface area contributed by atoms with Crippen LogP contribution in [0.25, 0.3) is 0 Å². The van der Waals surface area contributed by atoms with Gasteiger partial charge in [0.1, 0.15) is 0 Å². The van der Waals surface area contributed by atoms with Gasteiger partial charge in [0.25, 0.3) is 5.91 Å². The summed E-state index contributed by atoms with van der Waals surface area (Å²) in [5.41, 5.74) is 1.43. The van der Waals surface area contributed by atoms with Crippen LogP contribution in [0, 0.1) is 5.92 Å². The lowest BCUT2D eigenvalue weighted by Crippen LogP contribution is -2.38. The zero-order chi connectivity index (χ0) is 16.2. The van der Waals surface area contributed by atoms with E-state index in [0.717, 1.165) is 51.0 Å². The van der Waals surface area contributed by atoms with Crippen molar-refractivity contribution in [2.75, 3.05) is 25.0 Å². The van der Waals surface area contributed by atoms with Gasteiger partial charge in [0.15, 0.2) is 0 Å². The molecule has 2 aliphatic heterocycles. The fourth-order valence-electron chi connectivity index (χ4n) is 3.23. The monoisotopic (exact) mass is 315 g/mol. The zero-order valence-corrected chi connectivity index (χ0v) is 13.7. The Morgan fingerprint density at radius 3 is 2.43 bits per heavy atom. The summed E-state index contributed by atoms with van der Waals surface area (Å²) >= 11 is 0. The molecule has 2 saturated heterocycles. The molecule has 2 aliphatic rings. The van der Waals surface area contributed by atoms with E-state index in [0.29, 0.717) is 11.5 Å². The lowest BCUT2D eigenvalue weighted by atomic mass is 9.98. The Morgan fingerprint density at radius 1 is 1.13 bits per heavy atom. The highest BCUT2D eigenvalue weighted by atomic mass is 16.2. The van der Waals surface area contributed by atoms with E-state index in [1.165, 1.54) is 0 Å². The first-order valence-corrected chi connectivity index (χ1v) is 8.57. The van der Waals surface area contributed by atoms with Crippen LogP contribution < -0.4 is 10.6 Å². The summed E-state index contributed by atoms with van der Waals surface area (Å²) in [6, 6.07) is 7.14. The Hall–Kier alpha value is -1.88. The molecule has 0 bridgehead atoms. The molecule has 2 fully saturated rings. The fraction of sp³-hybridized carbons (Fsp3) is 0.556. The quantitative estimate of drug-likeness (QED) is 0.899. The maximum Gasteiger partial charge on any atom is 0.253 e. The van der Waals surface area contributed by atoms with Crippen LogP contribution in [0.5, 0.6) is 0 Å². The van der Waals surface area contributed by atoms with Crippen molar-refractivity contribution >= 4 is 17.5 Å². The van der Waals surface area contributed by atoms with Gasteiger partial charge in [0.05, 0.1) is 6.04 Å². The molecule has 1 aromatic rings. The van der Waals surface area contributed by atoms with Gasteiger partial charge >= 0.3 is 0 Å². The predicted molar refractivity (Wildman–Crippen MR) is 90.4 cm³/mol. The molecule has 5 nitrogen and oxygen atoms in total. The Kier molecular flexibility index (Phi) is 4.96. The number of rotatable bonds is 3. The highest BCUT2D eigenvalue weighted by molar-refractivity contribution is 5.97. The van der Waals surface area contributed by atoms with Crippen molar-refractivity contribution in [2.24, 2.45) is 5.92 Å². The number of hydrogen-bond donors (Lipinski definition) is 2. The third kappa shape index (κ3) is 3.91. The Bertz CT molecular complexity index is 556. The molecule has 0 spiro atoms. The number of hydrogen-bond acceptors (Lipinski definition) is 3. The molecule has 2 N–H and O–H groups in total. The van der Waals surface area contributed by atoms with Gasteiger partial charge in [0, 0.05) is 24.3 Å². The van der Waals surface area contributed by atoms with Gasteiger partial charge in [-0.3, -0.25) is 9.59 Å². The van der Waals surface area contributed by atoms with E-state index in [2.05, 4.69) is 17.6 Å². The summed E-state index contributed by atoms with van der Waals surface area (Å²) in [5, 5.41) is 6.09. The first-order chi connectivity index (χ1) is 11.1. The maximum absolute atomic E-state index is 12.5. The van der Waals surface area contributed by atoms with Crippen molar-refractivity contribution in [1.82, 2.24) is 10.2 Å². The normalized spacial score (nSPS) is 22.1. The summed E-state index contributed by atoms with van der Waals surface area (Å²) in [7, 11) is 0. The number of carbonyl (C=O) groups is 2. The van der Waals surface area contributed by atoms with Crippen LogP contribution in [-0.4, -0.2) is 42.4 Å². The molecule has 0 aliphatic carbocycles. The Morgan fingerprint density at radius 2 is 1.83 bits per heavy atom. The zero-order valence-electron chi connectivity index (χ0n) is 13.7. The molecule has 124 valence electrons. The summed E-state index contributed by atoms with van der Waals surface area (Å²) in [4.78, 5) is 26.5. The van der Waals surface area contributed by atoms with Crippen molar-refractivity contribution in [3.8, 4) is 0 Å². The smallest absolute Gasteiger partial charge is 0.253 e. The lowest BCUT2D eigenvalue weighted by molar-refractivity contribution is -0.117. The Balaban J connectivity index is 1.58. The molecule has 0 saturated carbocycles. The second-order valence-corrected chi connectivity index (χ2v) is 6.69. The maximum atomic E-state index is 12.5. The Labute approximate surface area is 137 Å². The molecular formula is C18H25N3O2. The van der Waals surface area contributed by atoms with E-state index < -0.39 is 0 Å². The van der Waals surface area contributed by atoms with Crippen molar-refractivity contribution in [2.45, 2.75) is 38.6 Å². The van der Waals surface area contributed by atoms with Gasteiger partial charge in [-0.15, -0.1) is 0 Å². The van der Waals surface area contributed by atoms with Crippen molar-refractivity contribution in [3.05, 3.63) is 29.8 Å². The van der Waals surface area contributed by atoms with Crippen molar-refractivity contribution in [1.29, 1.82) is 0 Å². The molecule has 1 atom stereocenters. The first kappa shape index (κ1) is 16.0. The molecule has 23 heavy (non-hydrogen) atoms. The molecule has 0 aromatic heterocycles. The summed E-state index contributed by atoms with van der Waals surface area (Å²) in [6.07, 6.45) is 4.08. The molecule has 2 heterocycles. The molecular weight excluding hydrogens is 290 g/mol. The van der Waals surface area contributed by atoms with Crippen LogP contribution in [0.1, 0.15) is 43.0 Å². The molecule has 2 amide bonds. The minimum Gasteiger partial charge on any atom is -0.339 e. The second-order valence-electron chi connectivity index (χ2n) is 6.69. The number of nitrogens with zero attached hydrogens (tertiary/aromatic N) is 1. The number of likely N-dealkylation sites (tertiary alicyclic amines) is 1. The number of anilines is 1. The highest BCUT2D eigenvalue weighted by Crippen LogP contribution is 2.19. The van der Waals surface area contributed by atoms with Crippen LogP contribution in [0.2, 0.25) is 0 Å². The van der Waals surface area contributed by atoms with E-state index in [4.69, 9.17) is 0 Å². The van der Waals surface area contributed by atoms with E-state index in [-0.39, 0.29) is 17.9 Å². The third-order valence-corrected chi connectivity index (χ3v) is 4.85. The fourth-order valence-corrected chi connectivity index (χ4v) is 3.23. The summed E-state index contributed by atoms with van der Waals surface area (Å²) < 4.78 is 0. The highest BCUT2D eigenvalue weighted by Gasteiger charge is 2.23. The van der Waals surface area contributed by atoms with Crippen LogP contribution in [-0.2, 0) is 4.79 Å². The second kappa shape index (κ2) is 7.13. The van der Waals surface area contributed by atoms with E-state index in [9.17, 15) is 9.59 Å². The number of amides is 2. The minimum absolute atomic E-state index is 0.00611. The largest absolute Gasteiger partial charge is 0.339 e. The van der Waals surface area contributed by atoms with Gasteiger partial charge in [-0.2, -0.15) is 0 Å². The third-order valence-electron chi connectivity index (χ3n) is 4.85.